The molecule has 29 heavy (non-hydrogen) atoms. The summed E-state index contributed by atoms with van der Waals surface area (Å²) in [6, 6.07) is 12.3. The van der Waals surface area contributed by atoms with Gasteiger partial charge < -0.3 is 9.51 Å². The second-order valence-corrected chi connectivity index (χ2v) is 7.72. The molecule has 1 saturated heterocycles. The van der Waals surface area contributed by atoms with Gasteiger partial charge in [0, 0.05) is 24.4 Å². The van der Waals surface area contributed by atoms with E-state index in [1.54, 1.807) is 6.07 Å². The maximum absolute atomic E-state index is 13.7. The zero-order valence-corrected chi connectivity index (χ0v) is 16.3. The standard InChI is InChI=1S/C22H23FN4O2/c1-2-20(27-18-6-4-3-5-17(18)24-22(27)28)26-11-9-14(10-12-26)21-16-13-15(23)7-8-19(16)29-25-21/h3-8,13-14,20H,2,9-12H2,1H3,(H,24,28). The van der Waals surface area contributed by atoms with Crippen molar-refractivity contribution in [3.05, 3.63) is 64.5 Å². The maximum Gasteiger partial charge on any atom is 0.327 e. The van der Waals surface area contributed by atoms with Crippen molar-refractivity contribution in [1.82, 2.24) is 19.6 Å². The highest BCUT2D eigenvalue weighted by atomic mass is 19.1. The summed E-state index contributed by atoms with van der Waals surface area (Å²) in [5.41, 5.74) is 3.20. The summed E-state index contributed by atoms with van der Waals surface area (Å²) in [7, 11) is 0. The zero-order valence-electron chi connectivity index (χ0n) is 16.3. The van der Waals surface area contributed by atoms with E-state index in [1.807, 2.05) is 28.8 Å². The summed E-state index contributed by atoms with van der Waals surface area (Å²) >= 11 is 0. The number of hydrogen-bond donors (Lipinski definition) is 1. The van der Waals surface area contributed by atoms with Crippen molar-refractivity contribution in [1.29, 1.82) is 0 Å². The molecule has 7 heteroatoms. The van der Waals surface area contributed by atoms with E-state index in [1.165, 1.54) is 12.1 Å². The monoisotopic (exact) mass is 394 g/mol. The third kappa shape index (κ3) is 3.06. The van der Waals surface area contributed by atoms with Crippen LogP contribution in [0.3, 0.4) is 0 Å². The zero-order chi connectivity index (χ0) is 20.0. The Labute approximate surface area is 166 Å². The normalized spacial score (nSPS) is 17.3. The minimum absolute atomic E-state index is 0.00565. The fourth-order valence-electron chi connectivity index (χ4n) is 4.67. The third-order valence-corrected chi connectivity index (χ3v) is 6.08. The summed E-state index contributed by atoms with van der Waals surface area (Å²) in [6.07, 6.45) is 2.63. The van der Waals surface area contributed by atoms with Crippen LogP contribution >= 0.6 is 0 Å². The molecule has 0 radical (unpaired) electrons. The molecule has 150 valence electrons. The van der Waals surface area contributed by atoms with E-state index in [-0.39, 0.29) is 23.6 Å². The minimum Gasteiger partial charge on any atom is -0.356 e. The second kappa shape index (κ2) is 7.15. The van der Waals surface area contributed by atoms with E-state index in [0.717, 1.165) is 54.5 Å². The molecule has 0 aliphatic carbocycles. The number of rotatable bonds is 4. The van der Waals surface area contributed by atoms with E-state index in [2.05, 4.69) is 22.0 Å². The molecule has 1 fully saturated rings. The number of likely N-dealkylation sites (tertiary alicyclic amines) is 1. The van der Waals surface area contributed by atoms with Gasteiger partial charge in [0.1, 0.15) is 5.82 Å². The Morgan fingerprint density at radius 3 is 2.83 bits per heavy atom. The SMILES string of the molecule is CCC(N1CCC(c2noc3ccc(F)cc23)CC1)n1c(=O)[nH]c2ccccc21. The Hall–Kier alpha value is -2.93. The number of halogens is 1. The number of nitrogens with zero attached hydrogens (tertiary/aromatic N) is 3. The van der Waals surface area contributed by atoms with Gasteiger partial charge >= 0.3 is 5.69 Å². The lowest BCUT2D eigenvalue weighted by Gasteiger charge is -2.37. The highest BCUT2D eigenvalue weighted by molar-refractivity contribution is 5.80. The van der Waals surface area contributed by atoms with Crippen molar-refractivity contribution in [3.63, 3.8) is 0 Å². The largest absolute Gasteiger partial charge is 0.356 e. The molecule has 1 atom stereocenters. The lowest BCUT2D eigenvalue weighted by molar-refractivity contribution is 0.101. The van der Waals surface area contributed by atoms with E-state index in [0.29, 0.717) is 5.58 Å². The van der Waals surface area contributed by atoms with Crippen LogP contribution in [0.2, 0.25) is 0 Å². The van der Waals surface area contributed by atoms with Crippen molar-refractivity contribution in [2.24, 2.45) is 0 Å². The fraction of sp³-hybridized carbons (Fsp3) is 0.364. The molecule has 0 amide bonds. The number of H-pyrrole nitrogens is 1. The lowest BCUT2D eigenvalue weighted by atomic mass is 9.91. The predicted molar refractivity (Wildman–Crippen MR) is 109 cm³/mol. The van der Waals surface area contributed by atoms with Crippen molar-refractivity contribution in [3.8, 4) is 0 Å². The summed E-state index contributed by atoms with van der Waals surface area (Å²) in [4.78, 5) is 18.0. The molecule has 1 N–H and O–H groups in total. The first-order valence-corrected chi connectivity index (χ1v) is 10.1. The van der Waals surface area contributed by atoms with Gasteiger partial charge in [0.05, 0.1) is 22.9 Å². The molecule has 2 aromatic carbocycles. The third-order valence-electron chi connectivity index (χ3n) is 6.08. The first-order valence-electron chi connectivity index (χ1n) is 10.1. The van der Waals surface area contributed by atoms with Gasteiger partial charge in [0.25, 0.3) is 0 Å². The van der Waals surface area contributed by atoms with Gasteiger partial charge in [0.15, 0.2) is 5.58 Å². The van der Waals surface area contributed by atoms with Crippen LogP contribution in [0.5, 0.6) is 0 Å². The first kappa shape index (κ1) is 18.1. The molecule has 0 saturated carbocycles. The Balaban J connectivity index is 1.39. The average Bonchev–Trinajstić information content (AvgIpc) is 3.30. The van der Waals surface area contributed by atoms with E-state index in [9.17, 15) is 9.18 Å². The summed E-state index contributed by atoms with van der Waals surface area (Å²) < 4.78 is 21.0. The topological polar surface area (TPSA) is 67.1 Å². The Morgan fingerprint density at radius 1 is 1.24 bits per heavy atom. The fourth-order valence-corrected chi connectivity index (χ4v) is 4.67. The van der Waals surface area contributed by atoms with Gasteiger partial charge in [-0.25, -0.2) is 9.18 Å². The number of aromatic amines is 1. The molecule has 1 unspecified atom stereocenters. The van der Waals surface area contributed by atoms with Crippen molar-refractivity contribution in [2.45, 2.75) is 38.3 Å². The molecular formula is C22H23FN4O2. The number of aromatic nitrogens is 3. The molecule has 1 aliphatic heterocycles. The van der Waals surface area contributed by atoms with Gasteiger partial charge in [-0.15, -0.1) is 0 Å². The molecule has 4 aromatic rings. The van der Waals surface area contributed by atoms with Crippen LogP contribution in [0.4, 0.5) is 4.39 Å². The molecule has 0 spiro atoms. The first-order chi connectivity index (χ1) is 14.2. The van der Waals surface area contributed by atoms with Gasteiger partial charge in [-0.3, -0.25) is 9.47 Å². The van der Waals surface area contributed by atoms with Crippen LogP contribution in [0.15, 0.2) is 51.8 Å². The van der Waals surface area contributed by atoms with Gasteiger partial charge in [-0.05, 0) is 49.6 Å². The smallest absolute Gasteiger partial charge is 0.327 e. The molecule has 0 bridgehead atoms. The van der Waals surface area contributed by atoms with E-state index in [4.69, 9.17) is 4.52 Å². The molecule has 5 rings (SSSR count). The average molecular weight is 394 g/mol. The highest BCUT2D eigenvalue weighted by Crippen LogP contribution is 2.35. The van der Waals surface area contributed by atoms with Crippen LogP contribution in [-0.4, -0.2) is 32.7 Å². The van der Waals surface area contributed by atoms with Crippen LogP contribution in [0, 0.1) is 5.82 Å². The van der Waals surface area contributed by atoms with Crippen molar-refractivity contribution < 1.29 is 8.91 Å². The van der Waals surface area contributed by atoms with Crippen molar-refractivity contribution in [2.75, 3.05) is 13.1 Å². The molecule has 2 aromatic heterocycles. The van der Waals surface area contributed by atoms with Gasteiger partial charge in [-0.1, -0.05) is 24.2 Å². The Morgan fingerprint density at radius 2 is 2.03 bits per heavy atom. The Kier molecular flexibility index (Phi) is 4.47. The number of fused-ring (bicyclic) bond motifs is 2. The molecular weight excluding hydrogens is 371 g/mol. The second-order valence-electron chi connectivity index (χ2n) is 7.72. The molecule has 3 heterocycles. The number of para-hydroxylation sites is 2. The van der Waals surface area contributed by atoms with Crippen LogP contribution in [0.1, 0.15) is 44.0 Å². The van der Waals surface area contributed by atoms with Crippen LogP contribution in [0.25, 0.3) is 22.0 Å². The van der Waals surface area contributed by atoms with Crippen LogP contribution in [-0.2, 0) is 0 Å². The summed E-state index contributed by atoms with van der Waals surface area (Å²) in [5, 5.41) is 5.00. The quantitative estimate of drug-likeness (QED) is 0.557. The predicted octanol–water partition coefficient (Wildman–Crippen LogP) is 4.40. The Bertz CT molecular complexity index is 1220. The van der Waals surface area contributed by atoms with Crippen molar-refractivity contribution >= 4 is 22.0 Å². The van der Waals surface area contributed by atoms with Gasteiger partial charge in [0.2, 0.25) is 0 Å². The number of piperidine rings is 1. The number of nitrogens with one attached hydrogen (secondary N) is 1. The van der Waals surface area contributed by atoms with Crippen LogP contribution < -0.4 is 5.69 Å². The minimum atomic E-state index is -0.274. The van der Waals surface area contributed by atoms with E-state index >= 15 is 0 Å². The molecule has 1 aliphatic rings. The van der Waals surface area contributed by atoms with Gasteiger partial charge in [-0.2, -0.15) is 0 Å². The number of hydrogen-bond acceptors (Lipinski definition) is 4. The lowest BCUT2D eigenvalue weighted by Crippen LogP contribution is -2.41. The number of imidazole rings is 1. The molecule has 6 nitrogen and oxygen atoms in total. The maximum atomic E-state index is 13.7. The highest BCUT2D eigenvalue weighted by Gasteiger charge is 2.30. The van der Waals surface area contributed by atoms with E-state index < -0.39 is 0 Å². The number of benzene rings is 2. The summed E-state index contributed by atoms with van der Waals surface area (Å²) in [6.45, 7) is 3.80. The summed E-state index contributed by atoms with van der Waals surface area (Å²) in [5.74, 6) is -0.0457.